The molecule has 0 saturated heterocycles. The van der Waals surface area contributed by atoms with Gasteiger partial charge in [0.15, 0.2) is 5.82 Å². The Bertz CT molecular complexity index is 1170. The van der Waals surface area contributed by atoms with Gasteiger partial charge in [-0.2, -0.15) is 4.98 Å². The lowest BCUT2D eigenvalue weighted by atomic mass is 10.2. The number of hydrogen-bond acceptors (Lipinski definition) is 7. The van der Waals surface area contributed by atoms with Crippen molar-refractivity contribution in [2.75, 3.05) is 6.61 Å². The van der Waals surface area contributed by atoms with Crippen molar-refractivity contribution in [3.05, 3.63) is 72.2 Å². The molecule has 0 aliphatic heterocycles. The Kier molecular flexibility index (Phi) is 6.02. The van der Waals surface area contributed by atoms with Crippen LogP contribution >= 0.6 is 0 Å². The smallest absolute Gasteiger partial charge is 0.271 e. The normalized spacial score (nSPS) is 10.8. The maximum absolute atomic E-state index is 12.5. The van der Waals surface area contributed by atoms with Crippen molar-refractivity contribution in [2.45, 2.75) is 26.8 Å². The third-order valence-electron chi connectivity index (χ3n) is 4.45. The molecule has 0 unspecified atom stereocenters. The highest BCUT2D eigenvalue weighted by atomic mass is 16.5. The zero-order chi connectivity index (χ0) is 21.6. The van der Waals surface area contributed by atoms with Crippen LogP contribution < -0.4 is 10.1 Å². The highest BCUT2D eigenvalue weighted by Gasteiger charge is 2.12. The molecule has 0 aliphatic rings. The number of carbonyl (C=O) groups excluding carboxylic acids is 1. The third-order valence-corrected chi connectivity index (χ3v) is 4.45. The lowest BCUT2D eigenvalue weighted by Crippen LogP contribution is -2.23. The molecule has 9 heteroatoms. The highest BCUT2D eigenvalue weighted by molar-refractivity contribution is 5.92. The molecule has 0 saturated carbocycles. The van der Waals surface area contributed by atoms with Crippen LogP contribution in [0.4, 0.5) is 0 Å². The fraction of sp³-hybridized carbons (Fsp3) is 0.227. The van der Waals surface area contributed by atoms with Crippen LogP contribution in [0.1, 0.15) is 35.2 Å². The Balaban J connectivity index is 1.40. The van der Waals surface area contributed by atoms with Crippen molar-refractivity contribution < 1.29 is 14.1 Å². The van der Waals surface area contributed by atoms with E-state index in [1.54, 1.807) is 42.3 Å². The number of amides is 1. The molecule has 0 bridgehead atoms. The number of nitrogens with zero attached hydrogens (tertiary/aromatic N) is 5. The summed E-state index contributed by atoms with van der Waals surface area (Å²) in [7, 11) is 0. The number of aromatic nitrogens is 5. The van der Waals surface area contributed by atoms with E-state index in [4.69, 9.17) is 9.26 Å². The van der Waals surface area contributed by atoms with E-state index in [9.17, 15) is 4.79 Å². The molecular formula is C22H22N6O3. The minimum atomic E-state index is -0.270. The molecular weight excluding hydrogens is 396 g/mol. The zero-order valence-electron chi connectivity index (χ0n) is 17.3. The molecule has 3 heterocycles. The van der Waals surface area contributed by atoms with Gasteiger partial charge in [-0.15, -0.1) is 0 Å². The molecule has 4 aromatic rings. The van der Waals surface area contributed by atoms with Gasteiger partial charge in [-0.25, -0.2) is 9.97 Å². The van der Waals surface area contributed by atoms with Gasteiger partial charge in [0, 0.05) is 24.5 Å². The van der Waals surface area contributed by atoms with Crippen molar-refractivity contribution in [3.63, 3.8) is 0 Å². The molecule has 1 N–H and O–H groups in total. The minimum absolute atomic E-state index is 0.270. The molecule has 9 nitrogen and oxygen atoms in total. The summed E-state index contributed by atoms with van der Waals surface area (Å²) in [5.41, 5.74) is 2.00. The molecule has 0 atom stereocenters. The van der Waals surface area contributed by atoms with E-state index in [1.807, 2.05) is 24.3 Å². The van der Waals surface area contributed by atoms with Gasteiger partial charge >= 0.3 is 0 Å². The average Bonchev–Trinajstić information content (AvgIpc) is 3.46. The fourth-order valence-corrected chi connectivity index (χ4v) is 2.87. The number of pyridine rings is 1. The van der Waals surface area contributed by atoms with Gasteiger partial charge < -0.3 is 14.6 Å². The fourth-order valence-electron chi connectivity index (χ4n) is 2.87. The van der Waals surface area contributed by atoms with Crippen LogP contribution in [0.5, 0.6) is 5.75 Å². The topological polar surface area (TPSA) is 108 Å². The Morgan fingerprint density at radius 2 is 2.03 bits per heavy atom. The molecule has 4 rings (SSSR count). The van der Waals surface area contributed by atoms with Crippen molar-refractivity contribution in [3.8, 4) is 23.0 Å². The summed E-state index contributed by atoms with van der Waals surface area (Å²) in [5, 5.41) is 6.67. The summed E-state index contributed by atoms with van der Waals surface area (Å²) in [6.45, 7) is 4.89. The summed E-state index contributed by atoms with van der Waals surface area (Å²) >= 11 is 0. The van der Waals surface area contributed by atoms with E-state index < -0.39 is 0 Å². The number of hydrogen-bond donors (Lipinski definition) is 1. The number of rotatable bonds is 8. The van der Waals surface area contributed by atoms with Gasteiger partial charge in [0.2, 0.25) is 0 Å². The first-order valence-corrected chi connectivity index (χ1v) is 9.93. The Morgan fingerprint density at radius 1 is 1.19 bits per heavy atom. The summed E-state index contributed by atoms with van der Waals surface area (Å²) < 4.78 is 12.4. The van der Waals surface area contributed by atoms with Gasteiger partial charge in [-0.3, -0.25) is 9.36 Å². The van der Waals surface area contributed by atoms with Gasteiger partial charge in [-0.1, -0.05) is 24.2 Å². The first kappa shape index (κ1) is 20.3. The SMILES string of the molecule is CCCOc1ccc(CNC(=O)c2cn(-c3cc(-c4nc(C)no4)ccn3)cn2)cc1. The first-order chi connectivity index (χ1) is 15.1. The van der Waals surface area contributed by atoms with Gasteiger partial charge in [-0.05, 0) is 43.2 Å². The van der Waals surface area contributed by atoms with Crippen LogP contribution in [-0.2, 0) is 6.54 Å². The molecule has 31 heavy (non-hydrogen) atoms. The molecule has 0 spiro atoms. The van der Waals surface area contributed by atoms with E-state index in [2.05, 4.69) is 32.3 Å². The van der Waals surface area contributed by atoms with Crippen LogP contribution in [0.15, 0.2) is 59.6 Å². The summed E-state index contributed by atoms with van der Waals surface area (Å²) in [4.78, 5) is 25.2. The van der Waals surface area contributed by atoms with Gasteiger partial charge in [0.25, 0.3) is 11.8 Å². The molecule has 1 aromatic carbocycles. The van der Waals surface area contributed by atoms with E-state index in [0.29, 0.717) is 36.4 Å². The Hall–Kier alpha value is -4.01. The third kappa shape index (κ3) is 4.95. The predicted octanol–water partition coefficient (Wildman–Crippen LogP) is 3.34. The second-order valence-electron chi connectivity index (χ2n) is 6.89. The molecule has 158 valence electrons. The zero-order valence-corrected chi connectivity index (χ0v) is 17.3. The average molecular weight is 418 g/mol. The second-order valence-corrected chi connectivity index (χ2v) is 6.89. The van der Waals surface area contributed by atoms with Crippen LogP contribution in [0, 0.1) is 6.92 Å². The van der Waals surface area contributed by atoms with Crippen molar-refractivity contribution >= 4 is 5.91 Å². The lowest BCUT2D eigenvalue weighted by Gasteiger charge is -2.07. The summed E-state index contributed by atoms with van der Waals surface area (Å²) in [6.07, 6.45) is 5.76. The summed E-state index contributed by atoms with van der Waals surface area (Å²) in [6, 6.07) is 11.2. The maximum atomic E-state index is 12.5. The Labute approximate surface area is 179 Å². The lowest BCUT2D eigenvalue weighted by molar-refractivity contribution is 0.0946. The van der Waals surface area contributed by atoms with Crippen molar-refractivity contribution in [1.29, 1.82) is 0 Å². The van der Waals surface area contributed by atoms with Crippen LogP contribution in [0.3, 0.4) is 0 Å². The quantitative estimate of drug-likeness (QED) is 0.467. The monoisotopic (exact) mass is 418 g/mol. The first-order valence-electron chi connectivity index (χ1n) is 9.93. The minimum Gasteiger partial charge on any atom is -0.494 e. The number of nitrogens with one attached hydrogen (secondary N) is 1. The number of carbonyl (C=O) groups is 1. The molecule has 0 radical (unpaired) electrons. The van der Waals surface area contributed by atoms with E-state index in [1.165, 1.54) is 0 Å². The number of aryl methyl sites for hydroxylation is 1. The standard InChI is InChI=1S/C22H22N6O3/c1-3-10-30-18-6-4-16(5-7-18)12-24-21(29)19-13-28(14-25-19)20-11-17(8-9-23-20)22-26-15(2)27-31-22/h4-9,11,13-14H,3,10,12H2,1-2H3,(H,24,29). The van der Waals surface area contributed by atoms with E-state index >= 15 is 0 Å². The van der Waals surface area contributed by atoms with E-state index in [-0.39, 0.29) is 5.91 Å². The van der Waals surface area contributed by atoms with Crippen molar-refractivity contribution in [1.82, 2.24) is 30.0 Å². The van der Waals surface area contributed by atoms with Crippen molar-refractivity contribution in [2.24, 2.45) is 0 Å². The second kappa shape index (κ2) is 9.21. The number of ether oxygens (including phenoxy) is 1. The van der Waals surface area contributed by atoms with Gasteiger partial charge in [0.1, 0.15) is 23.6 Å². The maximum Gasteiger partial charge on any atom is 0.271 e. The highest BCUT2D eigenvalue weighted by Crippen LogP contribution is 2.19. The molecule has 0 fully saturated rings. The molecule has 0 aliphatic carbocycles. The van der Waals surface area contributed by atoms with Gasteiger partial charge in [0.05, 0.1) is 6.61 Å². The van der Waals surface area contributed by atoms with E-state index in [0.717, 1.165) is 23.3 Å². The number of imidazole rings is 1. The largest absolute Gasteiger partial charge is 0.494 e. The van der Waals surface area contributed by atoms with Crippen LogP contribution in [0.25, 0.3) is 17.3 Å². The van der Waals surface area contributed by atoms with Crippen LogP contribution in [0.2, 0.25) is 0 Å². The van der Waals surface area contributed by atoms with Crippen LogP contribution in [-0.4, -0.2) is 37.2 Å². The molecule has 1 amide bonds. The predicted molar refractivity (Wildman–Crippen MR) is 113 cm³/mol. The number of benzene rings is 1. The summed E-state index contributed by atoms with van der Waals surface area (Å²) in [5.74, 6) is 2.10. The molecule has 3 aromatic heterocycles. The Morgan fingerprint density at radius 3 is 2.77 bits per heavy atom.